The summed E-state index contributed by atoms with van der Waals surface area (Å²) in [6.45, 7) is 33.9. The number of aromatic nitrogens is 1. The zero-order valence-corrected chi connectivity index (χ0v) is 41.4. The van der Waals surface area contributed by atoms with E-state index in [9.17, 15) is 14.4 Å². The topological polar surface area (TPSA) is 153 Å². The summed E-state index contributed by atoms with van der Waals surface area (Å²) < 4.78 is 0. The van der Waals surface area contributed by atoms with E-state index >= 15 is 0 Å². The number of unbranched alkanes of at least 4 members (excludes halogenated alkanes) is 1. The van der Waals surface area contributed by atoms with Crippen LogP contribution >= 0.6 is 0 Å². The van der Waals surface area contributed by atoms with E-state index in [-0.39, 0.29) is 41.3 Å². The summed E-state index contributed by atoms with van der Waals surface area (Å²) in [7, 11) is 0. The maximum atomic E-state index is 12.7. The van der Waals surface area contributed by atoms with E-state index in [1.807, 2.05) is 27.7 Å². The van der Waals surface area contributed by atoms with Crippen LogP contribution in [0.15, 0.2) is 35.3 Å². The molecule has 0 atom stereocenters. The number of nitrogen functional groups attached to an aromatic ring is 1. The van der Waals surface area contributed by atoms with Crippen molar-refractivity contribution in [1.29, 1.82) is 0 Å². The Morgan fingerprint density at radius 1 is 0.855 bits per heavy atom. The SMILES string of the molecule is CC(C)C(C)(C)CC(C)(C)N1C(=O)C=CC1=O.CCC(C)(CO)CO.CCCCC(CCC)=Nc1c(N)nc2cc(CCCN3CCN(C(=O)C(C)(C)CC)CC3)ccc2c1C. The molecule has 0 radical (unpaired) electrons. The highest BCUT2D eigenvalue weighted by Gasteiger charge is 2.41. The normalized spacial score (nSPS) is 15.6. The number of imide groups is 1. The molecule has 2 aliphatic rings. The summed E-state index contributed by atoms with van der Waals surface area (Å²) in [6.07, 6.45) is 12.8. The van der Waals surface area contributed by atoms with Crippen molar-refractivity contribution >= 4 is 45.8 Å². The number of rotatable bonds is 19. The second-order valence-electron chi connectivity index (χ2n) is 20.3. The van der Waals surface area contributed by atoms with Gasteiger partial charge in [0.15, 0.2) is 0 Å². The van der Waals surface area contributed by atoms with Crippen LogP contribution in [-0.4, -0.2) is 105 Å². The van der Waals surface area contributed by atoms with E-state index in [1.54, 1.807) is 0 Å². The van der Waals surface area contributed by atoms with Crippen LogP contribution in [0.5, 0.6) is 0 Å². The lowest BCUT2D eigenvalue weighted by Gasteiger charge is -2.42. The second-order valence-corrected chi connectivity index (χ2v) is 20.3. The van der Waals surface area contributed by atoms with Crippen LogP contribution < -0.4 is 5.73 Å². The van der Waals surface area contributed by atoms with Crippen molar-refractivity contribution in [2.75, 3.05) is 51.7 Å². The third-order valence-corrected chi connectivity index (χ3v) is 13.5. The zero-order valence-electron chi connectivity index (χ0n) is 41.4. The maximum absolute atomic E-state index is 12.7. The van der Waals surface area contributed by atoms with Crippen molar-refractivity contribution in [3.05, 3.63) is 41.5 Å². The molecule has 0 saturated carbocycles. The van der Waals surface area contributed by atoms with Crippen molar-refractivity contribution in [1.82, 2.24) is 19.7 Å². The summed E-state index contributed by atoms with van der Waals surface area (Å²) in [5.41, 5.74) is 11.0. The van der Waals surface area contributed by atoms with Crippen LogP contribution in [0, 0.1) is 29.1 Å². The molecule has 0 bridgehead atoms. The zero-order chi connectivity index (χ0) is 47.1. The van der Waals surface area contributed by atoms with E-state index in [0.717, 1.165) is 113 Å². The number of aliphatic hydroxyl groups excluding tert-OH is 2. The Hall–Kier alpha value is -3.67. The molecule has 11 heteroatoms. The Labute approximate surface area is 376 Å². The Kier molecular flexibility index (Phi) is 21.4. The summed E-state index contributed by atoms with van der Waals surface area (Å²) in [5.74, 6) is 0.942. The molecule has 0 aliphatic carbocycles. The van der Waals surface area contributed by atoms with Gasteiger partial charge in [0.25, 0.3) is 11.8 Å². The number of nitrogens with two attached hydrogens (primary N) is 1. The van der Waals surface area contributed by atoms with Gasteiger partial charge in [-0.25, -0.2) is 4.98 Å². The first kappa shape index (κ1) is 54.5. The third kappa shape index (κ3) is 15.5. The summed E-state index contributed by atoms with van der Waals surface area (Å²) in [5, 5.41) is 18.4. The van der Waals surface area contributed by atoms with Gasteiger partial charge in [-0.15, -0.1) is 0 Å². The number of carbonyl (C=O) groups is 3. The molecule has 0 unspecified atom stereocenters. The number of fused-ring (bicyclic) bond motifs is 1. The number of aliphatic imine (C=N–C) groups is 1. The number of pyridine rings is 1. The van der Waals surface area contributed by atoms with Crippen LogP contribution in [0.4, 0.5) is 11.5 Å². The molecule has 3 heterocycles. The number of amides is 3. The lowest BCUT2D eigenvalue weighted by Crippen LogP contribution is -2.52. The first-order valence-corrected chi connectivity index (χ1v) is 23.5. The van der Waals surface area contributed by atoms with Crippen molar-refractivity contribution in [2.45, 2.75) is 167 Å². The van der Waals surface area contributed by atoms with E-state index in [2.05, 4.69) is 97.2 Å². The van der Waals surface area contributed by atoms with Gasteiger partial charge >= 0.3 is 0 Å². The minimum atomic E-state index is -0.439. The molecule has 1 fully saturated rings. The van der Waals surface area contributed by atoms with Gasteiger partial charge in [-0.3, -0.25) is 29.2 Å². The Bertz CT molecular complexity index is 1790. The quantitative estimate of drug-likeness (QED) is 0.0933. The average Bonchev–Trinajstić information content (AvgIpc) is 3.58. The second kappa shape index (κ2) is 24.4. The van der Waals surface area contributed by atoms with Crippen molar-refractivity contribution in [3.8, 4) is 0 Å². The molecule has 2 aliphatic heterocycles. The van der Waals surface area contributed by atoms with E-state index in [4.69, 9.17) is 25.9 Å². The van der Waals surface area contributed by atoms with Gasteiger partial charge in [-0.1, -0.05) is 101 Å². The number of carbonyl (C=O) groups excluding carboxylic acids is 3. The van der Waals surface area contributed by atoms with Crippen LogP contribution in [0.3, 0.4) is 0 Å². The molecule has 11 nitrogen and oxygen atoms in total. The van der Waals surface area contributed by atoms with Gasteiger partial charge in [-0.2, -0.15) is 0 Å². The molecule has 0 spiro atoms. The Balaban J connectivity index is 0.000000434. The predicted octanol–water partition coefficient (Wildman–Crippen LogP) is 9.85. The highest BCUT2D eigenvalue weighted by molar-refractivity contribution is 6.13. The monoisotopic (exact) mass is 863 g/mol. The Morgan fingerprint density at radius 2 is 1.45 bits per heavy atom. The number of aryl methyl sites for hydroxylation is 2. The number of hydrogen-bond donors (Lipinski definition) is 3. The number of nitrogens with zero attached hydrogens (tertiary/aromatic N) is 5. The number of hydrogen-bond acceptors (Lipinski definition) is 9. The van der Waals surface area contributed by atoms with Crippen molar-refractivity contribution in [2.24, 2.45) is 27.2 Å². The van der Waals surface area contributed by atoms with Gasteiger partial charge in [0.05, 0.1) is 18.7 Å². The fourth-order valence-corrected chi connectivity index (χ4v) is 7.78. The van der Waals surface area contributed by atoms with Crippen LogP contribution in [0.1, 0.15) is 159 Å². The molecule has 1 aromatic heterocycles. The molecular weight excluding hydrogens is 777 g/mol. The molecule has 1 saturated heterocycles. The molecule has 4 N–H and O–H groups in total. The Morgan fingerprint density at radius 3 is 1.94 bits per heavy atom. The van der Waals surface area contributed by atoms with Crippen LogP contribution in [0.2, 0.25) is 0 Å². The minimum Gasteiger partial charge on any atom is -0.396 e. The smallest absolute Gasteiger partial charge is 0.254 e. The van der Waals surface area contributed by atoms with E-state index in [0.29, 0.717) is 17.6 Å². The fourth-order valence-electron chi connectivity index (χ4n) is 7.78. The van der Waals surface area contributed by atoms with Gasteiger partial charge < -0.3 is 20.8 Å². The first-order chi connectivity index (χ1) is 29.0. The van der Waals surface area contributed by atoms with Crippen molar-refractivity contribution in [3.63, 3.8) is 0 Å². The molecule has 2 aromatic rings. The highest BCUT2D eigenvalue weighted by atomic mass is 16.3. The first-order valence-electron chi connectivity index (χ1n) is 23.5. The lowest BCUT2D eigenvalue weighted by molar-refractivity contribution is -0.144. The minimum absolute atomic E-state index is 0.0694. The van der Waals surface area contributed by atoms with Gasteiger partial charge in [0.2, 0.25) is 5.91 Å². The third-order valence-electron chi connectivity index (χ3n) is 13.5. The molecule has 62 heavy (non-hydrogen) atoms. The fraction of sp³-hybridized carbons (Fsp3) is 0.706. The maximum Gasteiger partial charge on any atom is 0.254 e. The highest BCUT2D eigenvalue weighted by Crippen LogP contribution is 2.38. The summed E-state index contributed by atoms with van der Waals surface area (Å²) in [6, 6.07) is 6.62. The predicted molar refractivity (Wildman–Crippen MR) is 259 cm³/mol. The van der Waals surface area contributed by atoms with Crippen molar-refractivity contribution < 1.29 is 24.6 Å². The van der Waals surface area contributed by atoms with Gasteiger partial charge in [-0.05, 0) is 107 Å². The largest absolute Gasteiger partial charge is 0.396 e. The van der Waals surface area contributed by atoms with E-state index in [1.165, 1.54) is 34.7 Å². The summed E-state index contributed by atoms with van der Waals surface area (Å²) in [4.78, 5) is 51.8. The molecule has 3 amide bonds. The molecular formula is C51H86N6O5. The molecule has 1 aromatic carbocycles. The number of benzene rings is 1. The van der Waals surface area contributed by atoms with Crippen LogP contribution in [-0.2, 0) is 20.8 Å². The molecule has 350 valence electrons. The number of piperazine rings is 1. The standard InChI is InChI=1S/C31H49N5O.C14H23NO2.C6H14O2/c1-7-10-14-25(12-8-2)33-28-23(4)26-16-15-24(22-27(26)34-29(28)32)13-11-17-35-18-20-36(21-19-35)30(37)31(5,6)9-3;1-10(2)13(3,4)9-14(5,6)15-11(16)7-8-12(15)17;1-3-6(2,4-7)5-8/h15-16,22H,7-14,17-21H2,1-6H3,(H2,32,34);7-8,10H,9H2,1-6H3;7-8H,3-5H2,1-2H3. The number of anilines is 1. The van der Waals surface area contributed by atoms with Gasteiger partial charge in [0, 0.05) is 65.8 Å². The van der Waals surface area contributed by atoms with E-state index < -0.39 is 5.54 Å². The molecule has 4 rings (SSSR count). The lowest BCUT2D eigenvalue weighted by atomic mass is 9.72. The summed E-state index contributed by atoms with van der Waals surface area (Å²) >= 11 is 0. The van der Waals surface area contributed by atoms with Crippen LogP contribution in [0.25, 0.3) is 10.9 Å². The average molecular weight is 863 g/mol. The van der Waals surface area contributed by atoms with Gasteiger partial charge in [0.1, 0.15) is 11.5 Å². The number of aliphatic hydroxyl groups is 2.